The molecule has 0 aromatic heterocycles. The highest BCUT2D eigenvalue weighted by Crippen LogP contribution is 2.19. The first-order valence-electron chi connectivity index (χ1n) is 6.46. The molecule has 1 aromatic rings. The molecule has 1 aromatic carbocycles. The summed E-state index contributed by atoms with van der Waals surface area (Å²) in [5.74, 6) is -1.11. The molecule has 0 saturated carbocycles. The number of rotatable bonds is 6. The van der Waals surface area contributed by atoms with E-state index in [4.69, 9.17) is 21.4 Å². The van der Waals surface area contributed by atoms with Gasteiger partial charge in [-0.25, -0.2) is 9.59 Å². The van der Waals surface area contributed by atoms with Gasteiger partial charge in [0.05, 0.1) is 11.2 Å². The van der Waals surface area contributed by atoms with E-state index in [1.165, 1.54) is 18.2 Å². The number of urea groups is 1. The summed E-state index contributed by atoms with van der Waals surface area (Å²) in [6.45, 7) is 6.46. The van der Waals surface area contributed by atoms with Crippen LogP contribution in [0.2, 0.25) is 5.02 Å². The summed E-state index contributed by atoms with van der Waals surface area (Å²) in [7, 11) is 0. The Morgan fingerprint density at radius 1 is 1.33 bits per heavy atom. The first-order chi connectivity index (χ1) is 9.73. The molecule has 116 valence electrons. The monoisotopic (exact) mass is 314 g/mol. The van der Waals surface area contributed by atoms with Crippen molar-refractivity contribution >= 4 is 29.3 Å². The van der Waals surface area contributed by atoms with Crippen molar-refractivity contribution in [2.45, 2.75) is 26.4 Å². The van der Waals surface area contributed by atoms with Gasteiger partial charge in [-0.3, -0.25) is 0 Å². The molecule has 0 bridgehead atoms. The molecule has 21 heavy (non-hydrogen) atoms. The van der Waals surface area contributed by atoms with Gasteiger partial charge in [-0.2, -0.15) is 0 Å². The number of anilines is 1. The van der Waals surface area contributed by atoms with Crippen LogP contribution >= 0.6 is 11.6 Å². The van der Waals surface area contributed by atoms with Crippen LogP contribution in [0.5, 0.6) is 0 Å². The van der Waals surface area contributed by atoms with E-state index in [1.807, 2.05) is 20.8 Å². The Morgan fingerprint density at radius 2 is 2.00 bits per heavy atom. The minimum atomic E-state index is -1.11. The Kier molecular flexibility index (Phi) is 5.99. The summed E-state index contributed by atoms with van der Waals surface area (Å²) in [6, 6.07) is 3.66. The molecule has 0 saturated heterocycles. The van der Waals surface area contributed by atoms with Gasteiger partial charge >= 0.3 is 12.0 Å². The summed E-state index contributed by atoms with van der Waals surface area (Å²) >= 11 is 5.81. The molecule has 7 heteroatoms. The minimum absolute atomic E-state index is 0.00689. The molecule has 0 heterocycles. The van der Waals surface area contributed by atoms with Gasteiger partial charge in [0.1, 0.15) is 0 Å². The van der Waals surface area contributed by atoms with Gasteiger partial charge < -0.3 is 20.5 Å². The highest BCUT2D eigenvalue weighted by atomic mass is 35.5. The molecule has 3 N–H and O–H groups in total. The summed E-state index contributed by atoms with van der Waals surface area (Å²) < 4.78 is 5.46. The average molecular weight is 315 g/mol. The number of carbonyl (C=O) groups excluding carboxylic acids is 1. The Hall–Kier alpha value is -1.79. The van der Waals surface area contributed by atoms with Crippen LogP contribution in [-0.4, -0.2) is 35.9 Å². The third kappa shape index (κ3) is 6.01. The molecule has 1 rings (SSSR count). The highest BCUT2D eigenvalue weighted by Gasteiger charge is 2.18. The predicted molar refractivity (Wildman–Crippen MR) is 81.1 cm³/mol. The Bertz CT molecular complexity index is 532. The lowest BCUT2D eigenvalue weighted by atomic mass is 10.1. The van der Waals surface area contributed by atoms with Crippen molar-refractivity contribution < 1.29 is 19.4 Å². The SMILES string of the molecule is CCOC(C)(C)CNC(=O)Nc1cc(Cl)cc(C(=O)O)c1. The Balaban J connectivity index is 2.65. The number of halogens is 1. The number of hydrogen-bond acceptors (Lipinski definition) is 3. The van der Waals surface area contributed by atoms with Gasteiger partial charge in [0.15, 0.2) is 0 Å². The van der Waals surface area contributed by atoms with Crippen molar-refractivity contribution in [1.29, 1.82) is 0 Å². The molecule has 0 radical (unpaired) electrons. The molecule has 0 spiro atoms. The first-order valence-corrected chi connectivity index (χ1v) is 6.84. The number of carboxylic acid groups (broad SMARTS) is 1. The van der Waals surface area contributed by atoms with Gasteiger partial charge in [0.25, 0.3) is 0 Å². The second-order valence-corrected chi connectivity index (χ2v) is 5.47. The molecule has 6 nitrogen and oxygen atoms in total. The van der Waals surface area contributed by atoms with Gasteiger partial charge in [-0.1, -0.05) is 11.6 Å². The van der Waals surface area contributed by atoms with E-state index in [9.17, 15) is 9.59 Å². The van der Waals surface area contributed by atoms with Crippen LogP contribution in [0.1, 0.15) is 31.1 Å². The van der Waals surface area contributed by atoms with Gasteiger partial charge in [0.2, 0.25) is 0 Å². The van der Waals surface area contributed by atoms with E-state index in [-0.39, 0.29) is 10.6 Å². The molecule has 0 unspecified atom stereocenters. The Labute approximate surface area is 128 Å². The zero-order chi connectivity index (χ0) is 16.0. The van der Waals surface area contributed by atoms with Crippen molar-refractivity contribution in [2.75, 3.05) is 18.5 Å². The topological polar surface area (TPSA) is 87.7 Å². The number of benzene rings is 1. The number of carbonyl (C=O) groups is 2. The zero-order valence-corrected chi connectivity index (χ0v) is 13.0. The average Bonchev–Trinajstić information content (AvgIpc) is 2.35. The smallest absolute Gasteiger partial charge is 0.335 e. The number of nitrogens with one attached hydrogen (secondary N) is 2. The van der Waals surface area contributed by atoms with E-state index in [2.05, 4.69) is 10.6 Å². The standard InChI is InChI=1S/C14H19ClN2O4/c1-4-21-14(2,3)8-16-13(20)17-11-6-9(12(18)19)5-10(15)7-11/h5-7H,4,8H2,1-3H3,(H,18,19)(H2,16,17,20). The minimum Gasteiger partial charge on any atom is -0.478 e. The van der Waals surface area contributed by atoms with Crippen molar-refractivity contribution in [3.05, 3.63) is 28.8 Å². The summed E-state index contributed by atoms with van der Waals surface area (Å²) in [5, 5.41) is 14.4. The molecule has 0 aliphatic rings. The molecular formula is C14H19ClN2O4. The maximum absolute atomic E-state index is 11.8. The molecule has 0 atom stereocenters. The van der Waals surface area contributed by atoms with E-state index in [1.54, 1.807) is 0 Å². The fraction of sp³-hybridized carbons (Fsp3) is 0.429. The van der Waals surface area contributed by atoms with Crippen LogP contribution in [0.15, 0.2) is 18.2 Å². The normalized spacial score (nSPS) is 11.0. The van der Waals surface area contributed by atoms with Gasteiger partial charge in [0, 0.05) is 23.9 Å². The molecular weight excluding hydrogens is 296 g/mol. The second-order valence-electron chi connectivity index (χ2n) is 5.03. The van der Waals surface area contributed by atoms with Gasteiger partial charge in [-0.15, -0.1) is 0 Å². The summed E-state index contributed by atoms with van der Waals surface area (Å²) in [6.07, 6.45) is 0. The third-order valence-corrected chi connectivity index (χ3v) is 2.83. The number of aromatic carboxylic acids is 1. The van der Waals surface area contributed by atoms with Crippen molar-refractivity contribution in [3.8, 4) is 0 Å². The number of amides is 2. The summed E-state index contributed by atoms with van der Waals surface area (Å²) in [4.78, 5) is 22.7. The molecule has 0 fully saturated rings. The predicted octanol–water partition coefficient (Wildman–Crippen LogP) is 2.97. The maximum atomic E-state index is 11.8. The second kappa shape index (κ2) is 7.28. The lowest BCUT2D eigenvalue weighted by molar-refractivity contribution is -0.00663. The third-order valence-electron chi connectivity index (χ3n) is 2.61. The first kappa shape index (κ1) is 17.3. The van der Waals surface area contributed by atoms with Gasteiger partial charge in [-0.05, 0) is 39.0 Å². The largest absolute Gasteiger partial charge is 0.478 e. The van der Waals surface area contributed by atoms with E-state index in [0.29, 0.717) is 18.8 Å². The quantitative estimate of drug-likeness (QED) is 0.753. The van der Waals surface area contributed by atoms with Crippen molar-refractivity contribution in [2.24, 2.45) is 0 Å². The fourth-order valence-corrected chi connectivity index (χ4v) is 1.93. The van der Waals surface area contributed by atoms with E-state index in [0.717, 1.165) is 0 Å². The Morgan fingerprint density at radius 3 is 2.57 bits per heavy atom. The van der Waals surface area contributed by atoms with Crippen molar-refractivity contribution in [1.82, 2.24) is 5.32 Å². The van der Waals surface area contributed by atoms with Crippen LogP contribution in [0.25, 0.3) is 0 Å². The van der Waals surface area contributed by atoms with Crippen LogP contribution in [0.4, 0.5) is 10.5 Å². The van der Waals surface area contributed by atoms with Crippen LogP contribution in [-0.2, 0) is 4.74 Å². The summed E-state index contributed by atoms with van der Waals surface area (Å²) in [5.41, 5.74) is -0.161. The fourth-order valence-electron chi connectivity index (χ4n) is 1.70. The molecule has 2 amide bonds. The van der Waals surface area contributed by atoms with Crippen LogP contribution < -0.4 is 10.6 Å². The van der Waals surface area contributed by atoms with Crippen LogP contribution in [0, 0.1) is 0 Å². The van der Waals surface area contributed by atoms with E-state index >= 15 is 0 Å². The number of carboxylic acids is 1. The van der Waals surface area contributed by atoms with Crippen LogP contribution in [0.3, 0.4) is 0 Å². The zero-order valence-electron chi connectivity index (χ0n) is 12.2. The molecule has 0 aliphatic carbocycles. The lowest BCUT2D eigenvalue weighted by Crippen LogP contribution is -2.42. The van der Waals surface area contributed by atoms with Crippen molar-refractivity contribution in [3.63, 3.8) is 0 Å². The maximum Gasteiger partial charge on any atom is 0.335 e. The lowest BCUT2D eigenvalue weighted by Gasteiger charge is -2.24. The molecule has 0 aliphatic heterocycles. The van der Waals surface area contributed by atoms with E-state index < -0.39 is 17.6 Å². The highest BCUT2D eigenvalue weighted by molar-refractivity contribution is 6.31. The number of ether oxygens (including phenoxy) is 1. The number of hydrogen-bond donors (Lipinski definition) is 3.